The van der Waals surface area contributed by atoms with Gasteiger partial charge in [-0.1, -0.05) is 0 Å². The van der Waals surface area contributed by atoms with E-state index in [1.807, 2.05) is 27.7 Å². The molecule has 26 heavy (non-hydrogen) atoms. The van der Waals surface area contributed by atoms with E-state index in [-0.39, 0.29) is 30.1 Å². The van der Waals surface area contributed by atoms with Crippen LogP contribution in [0.15, 0.2) is 24.3 Å². The summed E-state index contributed by atoms with van der Waals surface area (Å²) in [6.45, 7) is 8.16. The summed E-state index contributed by atoms with van der Waals surface area (Å²) in [5.41, 5.74) is -0.00607. The Bertz CT molecular complexity index is 716. The van der Waals surface area contributed by atoms with Gasteiger partial charge in [-0.3, -0.25) is 14.4 Å². The summed E-state index contributed by atoms with van der Waals surface area (Å²) in [6.07, 6.45) is 1.76. The minimum atomic E-state index is -0.734. The number of nitrogens with zero attached hydrogens (tertiary/aromatic N) is 2. The van der Waals surface area contributed by atoms with Gasteiger partial charge in [0.25, 0.3) is 5.91 Å². The van der Waals surface area contributed by atoms with Crippen LogP contribution in [0.2, 0.25) is 0 Å². The number of ether oxygens (including phenoxy) is 1. The molecule has 0 spiro atoms. The highest BCUT2D eigenvalue weighted by molar-refractivity contribution is 6.23. The molecule has 6 heteroatoms. The first-order valence-electron chi connectivity index (χ1n) is 9.17. The van der Waals surface area contributed by atoms with Gasteiger partial charge in [0, 0.05) is 11.5 Å². The van der Waals surface area contributed by atoms with E-state index in [0.29, 0.717) is 18.0 Å². The van der Waals surface area contributed by atoms with E-state index < -0.39 is 11.6 Å². The van der Waals surface area contributed by atoms with Crippen LogP contribution < -0.4 is 9.64 Å². The molecule has 3 rings (SSSR count). The first-order chi connectivity index (χ1) is 12.2. The molecule has 6 nitrogen and oxygen atoms in total. The number of rotatable bonds is 5. The van der Waals surface area contributed by atoms with Crippen LogP contribution in [0.25, 0.3) is 0 Å². The molecule has 2 fully saturated rings. The second-order valence-electron chi connectivity index (χ2n) is 7.87. The van der Waals surface area contributed by atoms with E-state index in [4.69, 9.17) is 4.74 Å². The van der Waals surface area contributed by atoms with Crippen molar-refractivity contribution in [3.8, 4) is 5.75 Å². The van der Waals surface area contributed by atoms with Crippen LogP contribution in [0.5, 0.6) is 5.75 Å². The molecular weight excluding hydrogens is 332 g/mol. The Balaban J connectivity index is 1.86. The fourth-order valence-electron chi connectivity index (χ4n) is 3.43. The maximum atomic E-state index is 13.0. The Morgan fingerprint density at radius 2 is 1.81 bits per heavy atom. The molecule has 140 valence electrons. The van der Waals surface area contributed by atoms with E-state index in [1.54, 1.807) is 29.2 Å². The molecular formula is C20H26N2O4. The minimum Gasteiger partial charge on any atom is -0.494 e. The molecule has 1 aromatic carbocycles. The summed E-state index contributed by atoms with van der Waals surface area (Å²) in [5, 5.41) is 0. The third kappa shape index (κ3) is 3.45. The molecule has 0 bridgehead atoms. The molecule has 1 aliphatic carbocycles. The predicted octanol–water partition coefficient (Wildman–Crippen LogP) is 2.75. The lowest BCUT2D eigenvalue weighted by Crippen LogP contribution is -2.55. The van der Waals surface area contributed by atoms with Crippen molar-refractivity contribution in [3.05, 3.63) is 24.3 Å². The van der Waals surface area contributed by atoms with Gasteiger partial charge in [-0.05, 0) is 64.8 Å². The molecule has 1 aromatic rings. The molecule has 1 heterocycles. The van der Waals surface area contributed by atoms with Crippen molar-refractivity contribution in [1.82, 2.24) is 4.90 Å². The first-order valence-corrected chi connectivity index (χ1v) is 9.17. The molecule has 3 amide bonds. The van der Waals surface area contributed by atoms with Gasteiger partial charge in [-0.15, -0.1) is 0 Å². The van der Waals surface area contributed by atoms with Crippen molar-refractivity contribution in [2.75, 3.05) is 11.5 Å². The highest BCUT2D eigenvalue weighted by Crippen LogP contribution is 2.37. The van der Waals surface area contributed by atoms with E-state index >= 15 is 0 Å². The number of carbonyl (C=O) groups excluding carboxylic acids is 3. The Morgan fingerprint density at radius 3 is 2.31 bits per heavy atom. The number of anilines is 1. The summed E-state index contributed by atoms with van der Waals surface area (Å²) < 4.78 is 5.40. The van der Waals surface area contributed by atoms with E-state index in [9.17, 15) is 14.4 Å². The lowest BCUT2D eigenvalue weighted by molar-refractivity contribution is -0.145. The molecule has 0 aromatic heterocycles. The van der Waals surface area contributed by atoms with Crippen molar-refractivity contribution >= 4 is 23.4 Å². The number of carbonyl (C=O) groups is 3. The van der Waals surface area contributed by atoms with Crippen LogP contribution in [0.4, 0.5) is 5.69 Å². The van der Waals surface area contributed by atoms with Crippen LogP contribution in [0, 0.1) is 5.92 Å². The topological polar surface area (TPSA) is 66.9 Å². The van der Waals surface area contributed by atoms with Crippen LogP contribution in [0.1, 0.15) is 47.0 Å². The van der Waals surface area contributed by atoms with Gasteiger partial charge in [0.2, 0.25) is 11.8 Å². The Hall–Kier alpha value is -2.37. The quantitative estimate of drug-likeness (QED) is 0.759. The SMILES string of the molecule is CCOc1ccc(N2C(=O)CC(N(C(=O)C3CC3)C(C)(C)C)C2=O)cc1. The van der Waals surface area contributed by atoms with Crippen molar-refractivity contribution in [2.24, 2.45) is 5.92 Å². The van der Waals surface area contributed by atoms with Crippen LogP contribution in [-0.4, -0.2) is 40.8 Å². The largest absolute Gasteiger partial charge is 0.494 e. The molecule has 1 saturated carbocycles. The van der Waals surface area contributed by atoms with Gasteiger partial charge < -0.3 is 9.64 Å². The lowest BCUT2D eigenvalue weighted by Gasteiger charge is -2.39. The second kappa shape index (κ2) is 6.74. The van der Waals surface area contributed by atoms with Gasteiger partial charge >= 0.3 is 0 Å². The molecule has 0 N–H and O–H groups in total. The average Bonchev–Trinajstić information content (AvgIpc) is 3.36. The van der Waals surface area contributed by atoms with Gasteiger partial charge in [-0.25, -0.2) is 4.90 Å². The van der Waals surface area contributed by atoms with Gasteiger partial charge in [0.15, 0.2) is 0 Å². The first kappa shape index (κ1) is 18.4. The van der Waals surface area contributed by atoms with Crippen molar-refractivity contribution < 1.29 is 19.1 Å². The molecule has 2 aliphatic rings. The maximum Gasteiger partial charge on any atom is 0.257 e. The fourth-order valence-corrected chi connectivity index (χ4v) is 3.43. The highest BCUT2D eigenvalue weighted by atomic mass is 16.5. The van der Waals surface area contributed by atoms with E-state index in [1.165, 1.54) is 4.90 Å². The zero-order valence-electron chi connectivity index (χ0n) is 15.8. The summed E-state index contributed by atoms with van der Waals surface area (Å²) in [4.78, 5) is 41.2. The van der Waals surface area contributed by atoms with Gasteiger partial charge in [0.05, 0.1) is 18.7 Å². The van der Waals surface area contributed by atoms with Crippen molar-refractivity contribution in [2.45, 2.75) is 58.5 Å². The normalized spacial score (nSPS) is 20.5. The molecule has 0 radical (unpaired) electrons. The number of imide groups is 1. The predicted molar refractivity (Wildman–Crippen MR) is 97.8 cm³/mol. The third-order valence-electron chi connectivity index (χ3n) is 4.73. The molecule has 1 unspecified atom stereocenters. The average molecular weight is 358 g/mol. The Kier molecular flexibility index (Phi) is 4.78. The van der Waals surface area contributed by atoms with E-state index in [0.717, 1.165) is 12.8 Å². The van der Waals surface area contributed by atoms with Crippen molar-refractivity contribution in [1.29, 1.82) is 0 Å². The number of benzene rings is 1. The zero-order chi connectivity index (χ0) is 19.1. The summed E-state index contributed by atoms with van der Waals surface area (Å²) >= 11 is 0. The second-order valence-corrected chi connectivity index (χ2v) is 7.87. The third-order valence-corrected chi connectivity index (χ3v) is 4.73. The zero-order valence-corrected chi connectivity index (χ0v) is 15.8. The summed E-state index contributed by atoms with van der Waals surface area (Å²) in [7, 11) is 0. The Morgan fingerprint density at radius 1 is 1.19 bits per heavy atom. The van der Waals surface area contributed by atoms with E-state index in [2.05, 4.69) is 0 Å². The standard InChI is InChI=1S/C20H26N2O4/c1-5-26-15-10-8-14(9-11-15)21-17(23)12-16(19(21)25)22(20(2,3)4)18(24)13-6-7-13/h8-11,13,16H,5-7,12H2,1-4H3. The van der Waals surface area contributed by atoms with Crippen LogP contribution >= 0.6 is 0 Å². The fraction of sp³-hybridized carbons (Fsp3) is 0.550. The molecule has 1 aliphatic heterocycles. The van der Waals surface area contributed by atoms with Gasteiger partial charge in [-0.2, -0.15) is 0 Å². The number of hydrogen-bond donors (Lipinski definition) is 0. The number of amides is 3. The maximum absolute atomic E-state index is 13.0. The van der Waals surface area contributed by atoms with Crippen LogP contribution in [0.3, 0.4) is 0 Å². The summed E-state index contributed by atoms with van der Waals surface area (Å²) in [6, 6.07) is 6.15. The monoisotopic (exact) mass is 358 g/mol. The van der Waals surface area contributed by atoms with Crippen LogP contribution in [-0.2, 0) is 14.4 Å². The van der Waals surface area contributed by atoms with Gasteiger partial charge in [0.1, 0.15) is 11.8 Å². The highest BCUT2D eigenvalue weighted by Gasteiger charge is 2.49. The smallest absolute Gasteiger partial charge is 0.257 e. The number of hydrogen-bond acceptors (Lipinski definition) is 4. The Labute approximate surface area is 154 Å². The summed E-state index contributed by atoms with van der Waals surface area (Å²) in [5.74, 6) is 0.0612. The lowest BCUT2D eigenvalue weighted by atomic mass is 10.0. The van der Waals surface area contributed by atoms with Crippen molar-refractivity contribution in [3.63, 3.8) is 0 Å². The molecule has 1 saturated heterocycles. The molecule has 1 atom stereocenters. The minimum absolute atomic E-state index is 0.00310.